The molecule has 0 saturated heterocycles. The molecule has 1 atom stereocenters. The monoisotopic (exact) mass is 226 g/mol. The second kappa shape index (κ2) is 4.93. The first-order valence-corrected chi connectivity index (χ1v) is 5.56. The van der Waals surface area contributed by atoms with Crippen LogP contribution in [0.25, 0.3) is 0 Å². The van der Waals surface area contributed by atoms with Gasteiger partial charge < -0.3 is 5.11 Å². The Bertz CT molecular complexity index is 515. The number of carbonyl (C=O) groups is 1. The van der Waals surface area contributed by atoms with Crippen LogP contribution in [0, 0.1) is 0 Å². The van der Waals surface area contributed by atoms with Crippen LogP contribution in [-0.4, -0.2) is 10.9 Å². The summed E-state index contributed by atoms with van der Waals surface area (Å²) in [5.74, 6) is -0.0203. The lowest BCUT2D eigenvalue weighted by molar-refractivity contribution is 0.103. The molecule has 17 heavy (non-hydrogen) atoms. The summed E-state index contributed by atoms with van der Waals surface area (Å²) in [4.78, 5) is 12.1. The van der Waals surface area contributed by atoms with E-state index < -0.39 is 6.10 Å². The van der Waals surface area contributed by atoms with Crippen molar-refractivity contribution in [2.75, 3.05) is 0 Å². The van der Waals surface area contributed by atoms with E-state index in [0.29, 0.717) is 11.1 Å². The van der Waals surface area contributed by atoms with Crippen molar-refractivity contribution in [3.05, 3.63) is 71.3 Å². The van der Waals surface area contributed by atoms with Gasteiger partial charge in [-0.05, 0) is 18.6 Å². The molecule has 0 bridgehead atoms. The molecule has 0 aliphatic carbocycles. The van der Waals surface area contributed by atoms with Gasteiger partial charge in [0, 0.05) is 11.1 Å². The van der Waals surface area contributed by atoms with Crippen molar-refractivity contribution in [1.29, 1.82) is 0 Å². The molecule has 2 aromatic rings. The predicted molar refractivity (Wildman–Crippen MR) is 67.0 cm³/mol. The molecule has 0 aromatic heterocycles. The molecule has 0 fully saturated rings. The molecule has 0 radical (unpaired) electrons. The highest BCUT2D eigenvalue weighted by molar-refractivity contribution is 6.09. The number of rotatable bonds is 3. The number of carbonyl (C=O) groups excluding carboxylic acids is 1. The summed E-state index contributed by atoms with van der Waals surface area (Å²) >= 11 is 0. The summed E-state index contributed by atoms with van der Waals surface area (Å²) in [6.07, 6.45) is -0.557. The van der Waals surface area contributed by atoms with E-state index in [9.17, 15) is 9.90 Å². The largest absolute Gasteiger partial charge is 0.389 e. The van der Waals surface area contributed by atoms with Crippen molar-refractivity contribution >= 4 is 5.78 Å². The van der Waals surface area contributed by atoms with Gasteiger partial charge in [-0.1, -0.05) is 48.5 Å². The fourth-order valence-electron chi connectivity index (χ4n) is 1.70. The van der Waals surface area contributed by atoms with Gasteiger partial charge in [0.05, 0.1) is 6.10 Å². The topological polar surface area (TPSA) is 37.3 Å². The first-order valence-electron chi connectivity index (χ1n) is 5.56. The molecule has 2 heteroatoms. The highest BCUT2D eigenvalue weighted by atomic mass is 16.3. The van der Waals surface area contributed by atoms with Crippen LogP contribution in [0.5, 0.6) is 0 Å². The standard InChI is InChI=1S/C15H14O2/c1-11(16)13-8-5-9-14(10-13)15(17)12-6-3-2-4-7-12/h2-11,16H,1H3/t11-/m1/s1. The zero-order chi connectivity index (χ0) is 12.3. The average Bonchev–Trinajstić information content (AvgIpc) is 2.39. The van der Waals surface area contributed by atoms with Crippen LogP contribution >= 0.6 is 0 Å². The van der Waals surface area contributed by atoms with E-state index in [1.165, 1.54) is 0 Å². The van der Waals surface area contributed by atoms with Gasteiger partial charge >= 0.3 is 0 Å². The van der Waals surface area contributed by atoms with E-state index in [1.54, 1.807) is 37.3 Å². The van der Waals surface area contributed by atoms with Gasteiger partial charge in [0.2, 0.25) is 0 Å². The van der Waals surface area contributed by atoms with Crippen LogP contribution in [-0.2, 0) is 0 Å². The Morgan fingerprint density at radius 3 is 2.29 bits per heavy atom. The quantitative estimate of drug-likeness (QED) is 0.817. The number of hydrogen-bond donors (Lipinski definition) is 1. The Balaban J connectivity index is 2.35. The van der Waals surface area contributed by atoms with Gasteiger partial charge in [-0.15, -0.1) is 0 Å². The average molecular weight is 226 g/mol. The maximum Gasteiger partial charge on any atom is 0.193 e. The fraction of sp³-hybridized carbons (Fsp3) is 0.133. The maximum absolute atomic E-state index is 12.1. The van der Waals surface area contributed by atoms with Gasteiger partial charge in [0.25, 0.3) is 0 Å². The van der Waals surface area contributed by atoms with Crippen LogP contribution < -0.4 is 0 Å². The number of aliphatic hydroxyl groups is 1. The predicted octanol–water partition coefficient (Wildman–Crippen LogP) is 2.97. The lowest BCUT2D eigenvalue weighted by atomic mass is 10.00. The highest BCUT2D eigenvalue weighted by Crippen LogP contribution is 2.16. The van der Waals surface area contributed by atoms with E-state index >= 15 is 0 Å². The van der Waals surface area contributed by atoms with Crippen molar-refractivity contribution in [3.63, 3.8) is 0 Å². The summed E-state index contributed by atoms with van der Waals surface area (Å²) in [5.41, 5.74) is 2.02. The number of benzene rings is 2. The first kappa shape index (κ1) is 11.6. The second-order valence-electron chi connectivity index (χ2n) is 4.00. The van der Waals surface area contributed by atoms with E-state index in [2.05, 4.69) is 0 Å². The Labute approximate surface area is 101 Å². The Kier molecular flexibility index (Phi) is 3.35. The van der Waals surface area contributed by atoms with E-state index in [-0.39, 0.29) is 5.78 Å². The summed E-state index contributed by atoms with van der Waals surface area (Å²) in [7, 11) is 0. The fourth-order valence-corrected chi connectivity index (χ4v) is 1.70. The number of ketones is 1. The van der Waals surface area contributed by atoms with Crippen LogP contribution in [0.3, 0.4) is 0 Å². The molecule has 2 rings (SSSR count). The van der Waals surface area contributed by atoms with Crippen molar-refractivity contribution in [1.82, 2.24) is 0 Å². The lowest BCUT2D eigenvalue weighted by Crippen LogP contribution is -2.02. The number of hydrogen-bond acceptors (Lipinski definition) is 2. The van der Waals surface area contributed by atoms with Crippen LogP contribution in [0.4, 0.5) is 0 Å². The summed E-state index contributed by atoms with van der Waals surface area (Å²) < 4.78 is 0. The van der Waals surface area contributed by atoms with Gasteiger partial charge in [0.1, 0.15) is 0 Å². The zero-order valence-corrected chi connectivity index (χ0v) is 9.63. The molecule has 2 aromatic carbocycles. The third kappa shape index (κ3) is 2.60. The molecule has 0 amide bonds. The third-order valence-corrected chi connectivity index (χ3v) is 2.67. The SMILES string of the molecule is C[C@@H](O)c1cccc(C(=O)c2ccccc2)c1. The molecule has 0 aliphatic heterocycles. The minimum absolute atomic E-state index is 0.0203. The molecule has 0 aliphatic rings. The van der Waals surface area contributed by atoms with Crippen molar-refractivity contribution in [3.8, 4) is 0 Å². The highest BCUT2D eigenvalue weighted by Gasteiger charge is 2.10. The Morgan fingerprint density at radius 1 is 1.00 bits per heavy atom. The summed E-state index contributed by atoms with van der Waals surface area (Å²) in [6, 6.07) is 16.2. The minimum atomic E-state index is -0.557. The van der Waals surface area contributed by atoms with E-state index in [1.807, 2.05) is 24.3 Å². The molecule has 1 N–H and O–H groups in total. The molecule has 86 valence electrons. The molecule has 0 heterocycles. The maximum atomic E-state index is 12.1. The molecular weight excluding hydrogens is 212 g/mol. The number of aliphatic hydroxyl groups excluding tert-OH is 1. The van der Waals surface area contributed by atoms with Crippen molar-refractivity contribution in [2.24, 2.45) is 0 Å². The Morgan fingerprint density at radius 2 is 1.65 bits per heavy atom. The van der Waals surface area contributed by atoms with Crippen LogP contribution in [0.15, 0.2) is 54.6 Å². The second-order valence-corrected chi connectivity index (χ2v) is 4.00. The smallest absolute Gasteiger partial charge is 0.193 e. The van der Waals surface area contributed by atoms with Crippen molar-refractivity contribution < 1.29 is 9.90 Å². The molecule has 0 saturated carbocycles. The normalized spacial score (nSPS) is 12.1. The zero-order valence-electron chi connectivity index (χ0n) is 9.63. The van der Waals surface area contributed by atoms with E-state index in [4.69, 9.17) is 0 Å². The third-order valence-electron chi connectivity index (χ3n) is 2.67. The summed E-state index contributed by atoms with van der Waals surface area (Å²) in [5, 5.41) is 9.49. The summed E-state index contributed by atoms with van der Waals surface area (Å²) in [6.45, 7) is 1.69. The van der Waals surface area contributed by atoms with Crippen LogP contribution in [0.2, 0.25) is 0 Å². The molecule has 0 unspecified atom stereocenters. The van der Waals surface area contributed by atoms with Gasteiger partial charge in [-0.25, -0.2) is 0 Å². The first-order chi connectivity index (χ1) is 8.18. The molecule has 0 spiro atoms. The van der Waals surface area contributed by atoms with Crippen LogP contribution in [0.1, 0.15) is 34.5 Å². The minimum Gasteiger partial charge on any atom is -0.389 e. The molecular formula is C15H14O2. The van der Waals surface area contributed by atoms with Gasteiger partial charge in [-0.2, -0.15) is 0 Å². The van der Waals surface area contributed by atoms with Gasteiger partial charge in [-0.3, -0.25) is 4.79 Å². The lowest BCUT2D eigenvalue weighted by Gasteiger charge is -2.06. The Hall–Kier alpha value is -1.93. The van der Waals surface area contributed by atoms with E-state index in [0.717, 1.165) is 5.56 Å². The molecule has 2 nitrogen and oxygen atoms in total. The van der Waals surface area contributed by atoms with Gasteiger partial charge in [0.15, 0.2) is 5.78 Å². The van der Waals surface area contributed by atoms with Crippen molar-refractivity contribution in [2.45, 2.75) is 13.0 Å².